The Hall–Kier alpha value is -6.36. The molecule has 0 atom stereocenters. The summed E-state index contributed by atoms with van der Waals surface area (Å²) in [6.07, 6.45) is 0. The van der Waals surface area contributed by atoms with E-state index in [0.29, 0.717) is 0 Å². The number of thiophene rings is 1. The second kappa shape index (κ2) is 11.7. The summed E-state index contributed by atoms with van der Waals surface area (Å²) in [4.78, 5) is 11.6. The third kappa shape index (κ3) is 4.65. The zero-order valence-electron chi connectivity index (χ0n) is 27.0. The summed E-state index contributed by atoms with van der Waals surface area (Å²) >= 11 is 1.77. The van der Waals surface area contributed by atoms with Gasteiger partial charge in [0.05, 0.1) is 28.1 Å². The molecule has 0 aliphatic rings. The molecule has 0 aliphatic heterocycles. The van der Waals surface area contributed by atoms with Crippen molar-refractivity contribution in [1.29, 1.82) is 0 Å². The molecule has 234 valence electrons. The molecule has 0 N–H and O–H groups in total. The first-order valence-corrected chi connectivity index (χ1v) is 17.7. The van der Waals surface area contributed by atoms with Crippen molar-refractivity contribution < 1.29 is 0 Å². The van der Waals surface area contributed by atoms with Gasteiger partial charge in [0.15, 0.2) is 0 Å². The molecule has 4 heteroatoms. The van der Waals surface area contributed by atoms with Gasteiger partial charge < -0.3 is 4.57 Å². The number of benzene rings is 6. The molecule has 0 bridgehead atoms. The molecule has 0 saturated heterocycles. The molecule has 0 aliphatic carbocycles. The number of pyridine rings is 2. The SMILES string of the molecule is c1ccc(-c2cc(-c3ccc(-c4nc5sc6ccccc6c5c5c6ccccc6n(-c6ccccc6)c45)cc3)cc(-c3ccccc3)n2)cc1. The number of para-hydroxylation sites is 2. The van der Waals surface area contributed by atoms with Crippen LogP contribution in [0.3, 0.4) is 0 Å². The maximum Gasteiger partial charge on any atom is 0.125 e. The summed E-state index contributed by atoms with van der Waals surface area (Å²) in [5.41, 5.74) is 11.9. The average Bonchev–Trinajstić information content (AvgIpc) is 3.74. The van der Waals surface area contributed by atoms with E-state index < -0.39 is 0 Å². The summed E-state index contributed by atoms with van der Waals surface area (Å²) in [6, 6.07) is 62.3. The average molecular weight is 656 g/mol. The lowest BCUT2D eigenvalue weighted by atomic mass is 9.98. The van der Waals surface area contributed by atoms with Crippen LogP contribution in [0.1, 0.15) is 0 Å². The molecule has 0 unspecified atom stereocenters. The number of hydrogen-bond acceptors (Lipinski definition) is 3. The maximum absolute atomic E-state index is 5.49. The van der Waals surface area contributed by atoms with Crippen molar-refractivity contribution in [2.24, 2.45) is 0 Å². The van der Waals surface area contributed by atoms with Crippen LogP contribution in [-0.4, -0.2) is 14.5 Å². The largest absolute Gasteiger partial charge is 0.307 e. The van der Waals surface area contributed by atoms with Gasteiger partial charge in [0.2, 0.25) is 0 Å². The van der Waals surface area contributed by atoms with Crippen molar-refractivity contribution >= 4 is 53.4 Å². The van der Waals surface area contributed by atoms with E-state index in [2.05, 4.69) is 168 Å². The van der Waals surface area contributed by atoms with Crippen LogP contribution < -0.4 is 0 Å². The Kier molecular flexibility index (Phi) is 6.68. The number of fused-ring (bicyclic) bond motifs is 7. The summed E-state index contributed by atoms with van der Waals surface area (Å²) in [6.45, 7) is 0. The summed E-state index contributed by atoms with van der Waals surface area (Å²) in [7, 11) is 0. The van der Waals surface area contributed by atoms with Gasteiger partial charge in [-0.05, 0) is 47.5 Å². The lowest BCUT2D eigenvalue weighted by Gasteiger charge is -2.13. The minimum atomic E-state index is 0.956. The van der Waals surface area contributed by atoms with Gasteiger partial charge in [-0.15, -0.1) is 11.3 Å². The van der Waals surface area contributed by atoms with E-state index in [9.17, 15) is 0 Å². The molecule has 3 nitrogen and oxygen atoms in total. The Morgan fingerprint density at radius 2 is 0.980 bits per heavy atom. The molecule has 0 spiro atoms. The molecule has 10 aromatic rings. The highest BCUT2D eigenvalue weighted by Gasteiger charge is 2.23. The van der Waals surface area contributed by atoms with Crippen molar-refractivity contribution in [2.75, 3.05) is 0 Å². The van der Waals surface area contributed by atoms with Crippen LogP contribution in [0.15, 0.2) is 176 Å². The van der Waals surface area contributed by atoms with Gasteiger partial charge in [0.1, 0.15) is 4.83 Å². The molecule has 0 radical (unpaired) electrons. The summed E-state index contributed by atoms with van der Waals surface area (Å²) in [5, 5.41) is 4.97. The zero-order valence-corrected chi connectivity index (χ0v) is 27.8. The van der Waals surface area contributed by atoms with Crippen LogP contribution in [0.2, 0.25) is 0 Å². The Balaban J connectivity index is 1.21. The van der Waals surface area contributed by atoms with Crippen LogP contribution in [0.5, 0.6) is 0 Å². The van der Waals surface area contributed by atoms with Gasteiger partial charge in [-0.3, -0.25) is 0 Å². The van der Waals surface area contributed by atoms with Crippen molar-refractivity contribution in [1.82, 2.24) is 14.5 Å². The number of rotatable bonds is 5. The third-order valence-electron chi connectivity index (χ3n) is 9.61. The van der Waals surface area contributed by atoms with Crippen molar-refractivity contribution in [3.63, 3.8) is 0 Å². The minimum Gasteiger partial charge on any atom is -0.307 e. The second-order valence-corrected chi connectivity index (χ2v) is 13.6. The van der Waals surface area contributed by atoms with Gasteiger partial charge in [0.25, 0.3) is 0 Å². The topological polar surface area (TPSA) is 30.7 Å². The molecule has 50 heavy (non-hydrogen) atoms. The summed E-state index contributed by atoms with van der Waals surface area (Å²) in [5.74, 6) is 0. The Morgan fingerprint density at radius 1 is 0.420 bits per heavy atom. The first-order chi connectivity index (χ1) is 24.8. The molecule has 4 heterocycles. The predicted octanol–water partition coefficient (Wildman–Crippen LogP) is 12.6. The second-order valence-electron chi connectivity index (χ2n) is 12.6. The van der Waals surface area contributed by atoms with Crippen molar-refractivity contribution in [3.8, 4) is 50.6 Å². The first kappa shape index (κ1) is 28.6. The normalized spacial score (nSPS) is 11.6. The fraction of sp³-hybridized carbons (Fsp3) is 0. The van der Waals surface area contributed by atoms with Crippen LogP contribution in [0, 0.1) is 0 Å². The minimum absolute atomic E-state index is 0.956. The molecule has 0 saturated carbocycles. The zero-order chi connectivity index (χ0) is 33.0. The van der Waals surface area contributed by atoms with Gasteiger partial charge in [-0.2, -0.15) is 0 Å². The highest BCUT2D eigenvalue weighted by atomic mass is 32.1. The lowest BCUT2D eigenvalue weighted by molar-refractivity contribution is 1.17. The monoisotopic (exact) mass is 655 g/mol. The molecule has 0 fully saturated rings. The quantitative estimate of drug-likeness (QED) is 0.185. The third-order valence-corrected chi connectivity index (χ3v) is 10.7. The molecule has 6 aromatic carbocycles. The Bertz CT molecular complexity index is 2780. The smallest absolute Gasteiger partial charge is 0.125 e. The Morgan fingerprint density at radius 3 is 1.66 bits per heavy atom. The van der Waals surface area contributed by atoms with E-state index in [1.165, 1.54) is 31.8 Å². The number of aromatic nitrogens is 3. The van der Waals surface area contributed by atoms with Crippen molar-refractivity contribution in [3.05, 3.63) is 176 Å². The standard InChI is InChI=1S/C46H29N3S/c1-4-14-31(15-5-1)38-28-34(29-39(47-38)32-16-6-2-7-17-32)30-24-26-33(27-25-30)44-45-42(43-37-21-11-13-23-41(37)50-46(43)48-44)36-20-10-12-22-40(36)49(45)35-18-8-3-9-19-35/h1-29H. The van der Waals surface area contributed by atoms with Gasteiger partial charge in [-0.1, -0.05) is 140 Å². The highest BCUT2D eigenvalue weighted by Crippen LogP contribution is 2.46. The van der Waals surface area contributed by atoms with E-state index in [-0.39, 0.29) is 0 Å². The molecule has 0 amide bonds. The molecule has 4 aromatic heterocycles. The fourth-order valence-electron chi connectivity index (χ4n) is 7.30. The Labute approximate surface area is 293 Å². The predicted molar refractivity (Wildman–Crippen MR) is 211 cm³/mol. The van der Waals surface area contributed by atoms with Crippen molar-refractivity contribution in [2.45, 2.75) is 0 Å². The van der Waals surface area contributed by atoms with E-state index in [1.54, 1.807) is 11.3 Å². The van der Waals surface area contributed by atoms with Crippen LogP contribution in [0.25, 0.3) is 92.7 Å². The van der Waals surface area contributed by atoms with Gasteiger partial charge in [0, 0.05) is 48.6 Å². The number of nitrogens with zero attached hydrogens (tertiary/aromatic N) is 3. The van der Waals surface area contributed by atoms with Crippen LogP contribution >= 0.6 is 11.3 Å². The van der Waals surface area contributed by atoms with E-state index in [0.717, 1.165) is 60.9 Å². The maximum atomic E-state index is 5.49. The van der Waals surface area contributed by atoms with Crippen LogP contribution in [0.4, 0.5) is 0 Å². The van der Waals surface area contributed by atoms with E-state index in [1.807, 2.05) is 12.1 Å². The van der Waals surface area contributed by atoms with Gasteiger partial charge in [-0.25, -0.2) is 9.97 Å². The highest BCUT2D eigenvalue weighted by molar-refractivity contribution is 7.25. The lowest BCUT2D eigenvalue weighted by Crippen LogP contribution is -1.97. The summed E-state index contributed by atoms with van der Waals surface area (Å²) < 4.78 is 3.65. The first-order valence-electron chi connectivity index (χ1n) is 16.8. The molecule has 10 rings (SSSR count). The number of hydrogen-bond donors (Lipinski definition) is 0. The fourth-order valence-corrected chi connectivity index (χ4v) is 8.39. The van der Waals surface area contributed by atoms with Crippen LogP contribution in [-0.2, 0) is 0 Å². The van der Waals surface area contributed by atoms with Gasteiger partial charge >= 0.3 is 0 Å². The molecular formula is C46H29N3S. The molecular weight excluding hydrogens is 627 g/mol. The van der Waals surface area contributed by atoms with E-state index in [4.69, 9.17) is 9.97 Å². The van der Waals surface area contributed by atoms with E-state index >= 15 is 0 Å².